The van der Waals surface area contributed by atoms with Gasteiger partial charge in [-0.05, 0) is 71.3 Å². The highest BCUT2D eigenvalue weighted by Gasteiger charge is 2.12. The Morgan fingerprint density at radius 2 is 0.961 bits per heavy atom. The Labute approximate surface area is 293 Å². The minimum absolute atomic E-state index is 0.856. The quantitative estimate of drug-likeness (QED) is 0.173. The molecule has 0 unspecified atom stereocenters. The van der Waals surface area contributed by atoms with Gasteiger partial charge in [-0.2, -0.15) is 0 Å². The first-order chi connectivity index (χ1) is 25.2. The van der Waals surface area contributed by atoms with E-state index in [9.17, 15) is 0 Å². The predicted molar refractivity (Wildman–Crippen MR) is 207 cm³/mol. The molecule has 51 heavy (non-hydrogen) atoms. The normalized spacial score (nSPS) is 11.5. The van der Waals surface area contributed by atoms with Gasteiger partial charge >= 0.3 is 0 Å². The van der Waals surface area contributed by atoms with E-state index in [1.54, 1.807) is 6.20 Å². The predicted octanol–water partition coefficient (Wildman–Crippen LogP) is 11.8. The van der Waals surface area contributed by atoms with Crippen LogP contribution in [-0.4, -0.2) is 19.9 Å². The number of para-hydroxylation sites is 1. The molecule has 10 aromatic rings. The molecule has 0 saturated carbocycles. The summed E-state index contributed by atoms with van der Waals surface area (Å²) < 4.78 is 6.07. The van der Waals surface area contributed by atoms with E-state index >= 15 is 0 Å². The first kappa shape index (κ1) is 29.0. The van der Waals surface area contributed by atoms with Gasteiger partial charge in [0.2, 0.25) is 0 Å². The molecule has 5 aromatic heterocycles. The monoisotopic (exact) mass is 652 g/mol. The Bertz CT molecular complexity index is 2900. The summed E-state index contributed by atoms with van der Waals surface area (Å²) in [5.74, 6) is 0. The lowest BCUT2D eigenvalue weighted by Gasteiger charge is -2.10. The Kier molecular flexibility index (Phi) is 6.74. The van der Waals surface area contributed by atoms with Crippen molar-refractivity contribution in [3.05, 3.63) is 170 Å². The number of hydrogen-bond donors (Lipinski definition) is 0. The third-order valence-electron chi connectivity index (χ3n) is 9.59. The van der Waals surface area contributed by atoms with Crippen molar-refractivity contribution >= 4 is 43.7 Å². The lowest BCUT2D eigenvalue weighted by molar-refractivity contribution is 0.669. The van der Waals surface area contributed by atoms with Crippen molar-refractivity contribution in [1.29, 1.82) is 0 Å². The van der Waals surface area contributed by atoms with E-state index in [1.807, 2.05) is 42.6 Å². The summed E-state index contributed by atoms with van der Waals surface area (Å²) in [6.45, 7) is 0. The SMILES string of the molecule is c1ccc(-c2ccc(-c3ccc(-c4ccc5ccc6ccc(-c7cccc(-c8ccc9oc%10ccccc%10c9c8)c7)nc6c5n4)cc3)cn2)nc1. The second-order valence-corrected chi connectivity index (χ2v) is 12.7. The smallest absolute Gasteiger partial charge is 0.135 e. The third-order valence-corrected chi connectivity index (χ3v) is 9.59. The Balaban J connectivity index is 0.981. The second-order valence-electron chi connectivity index (χ2n) is 12.7. The Morgan fingerprint density at radius 3 is 1.73 bits per heavy atom. The number of fused-ring (bicyclic) bond motifs is 6. The molecule has 10 rings (SSSR count). The molecule has 0 atom stereocenters. The summed E-state index contributed by atoms with van der Waals surface area (Å²) in [5, 5.41) is 4.36. The molecule has 0 aliphatic carbocycles. The molecule has 0 amide bonds. The molecule has 0 fully saturated rings. The largest absolute Gasteiger partial charge is 0.456 e. The number of rotatable bonds is 5. The van der Waals surface area contributed by atoms with Gasteiger partial charge in [0.05, 0.1) is 33.8 Å². The fraction of sp³-hybridized carbons (Fsp3) is 0. The van der Waals surface area contributed by atoms with E-state index < -0.39 is 0 Å². The number of nitrogens with zero attached hydrogens (tertiary/aromatic N) is 4. The van der Waals surface area contributed by atoms with Crippen LogP contribution >= 0.6 is 0 Å². The number of aromatic nitrogens is 4. The van der Waals surface area contributed by atoms with Gasteiger partial charge in [-0.15, -0.1) is 0 Å². The van der Waals surface area contributed by atoms with Gasteiger partial charge in [-0.1, -0.05) is 103 Å². The van der Waals surface area contributed by atoms with Crippen molar-refractivity contribution in [2.45, 2.75) is 0 Å². The van der Waals surface area contributed by atoms with E-state index in [2.05, 4.69) is 131 Å². The van der Waals surface area contributed by atoms with Gasteiger partial charge in [-0.3, -0.25) is 9.97 Å². The van der Waals surface area contributed by atoms with Crippen LogP contribution in [0.3, 0.4) is 0 Å². The van der Waals surface area contributed by atoms with Crippen molar-refractivity contribution in [3.63, 3.8) is 0 Å². The molecule has 0 N–H and O–H groups in total. The highest BCUT2D eigenvalue weighted by molar-refractivity contribution is 6.06. The van der Waals surface area contributed by atoms with Crippen LogP contribution in [0.25, 0.3) is 99.9 Å². The van der Waals surface area contributed by atoms with Crippen LogP contribution in [-0.2, 0) is 0 Å². The molecule has 0 bridgehead atoms. The lowest BCUT2D eigenvalue weighted by Crippen LogP contribution is -1.91. The molecule has 238 valence electrons. The summed E-state index contributed by atoms with van der Waals surface area (Å²) in [4.78, 5) is 19.5. The van der Waals surface area contributed by atoms with E-state index in [1.165, 1.54) is 0 Å². The molecule has 0 spiro atoms. The molecule has 5 nitrogen and oxygen atoms in total. The fourth-order valence-electron chi connectivity index (χ4n) is 6.92. The van der Waals surface area contributed by atoms with Crippen molar-refractivity contribution in [2.24, 2.45) is 0 Å². The summed E-state index contributed by atoms with van der Waals surface area (Å²) in [5.41, 5.74) is 13.6. The Morgan fingerprint density at radius 1 is 0.353 bits per heavy atom. The van der Waals surface area contributed by atoms with E-state index in [-0.39, 0.29) is 0 Å². The van der Waals surface area contributed by atoms with Gasteiger partial charge in [0.1, 0.15) is 11.2 Å². The summed E-state index contributed by atoms with van der Waals surface area (Å²) in [6, 6.07) is 54.3. The van der Waals surface area contributed by atoms with Gasteiger partial charge in [0.15, 0.2) is 0 Å². The molecule has 0 aliphatic heterocycles. The number of pyridine rings is 4. The maximum Gasteiger partial charge on any atom is 0.135 e. The maximum atomic E-state index is 6.07. The van der Waals surface area contributed by atoms with Gasteiger partial charge in [0, 0.05) is 50.6 Å². The fourth-order valence-corrected chi connectivity index (χ4v) is 6.92. The zero-order valence-electron chi connectivity index (χ0n) is 27.4. The average molecular weight is 653 g/mol. The van der Waals surface area contributed by atoms with Gasteiger partial charge in [-0.25, -0.2) is 9.97 Å². The second kappa shape index (κ2) is 11.9. The van der Waals surface area contributed by atoms with Crippen LogP contribution in [0.4, 0.5) is 0 Å². The highest BCUT2D eigenvalue weighted by Crippen LogP contribution is 2.35. The molecule has 0 aliphatic rings. The van der Waals surface area contributed by atoms with E-state index in [0.717, 1.165) is 99.9 Å². The first-order valence-electron chi connectivity index (χ1n) is 16.9. The van der Waals surface area contributed by atoms with Crippen LogP contribution < -0.4 is 0 Å². The van der Waals surface area contributed by atoms with Crippen molar-refractivity contribution in [1.82, 2.24) is 19.9 Å². The lowest BCUT2D eigenvalue weighted by atomic mass is 9.99. The Hall–Kier alpha value is -6.98. The van der Waals surface area contributed by atoms with Crippen LogP contribution in [0.5, 0.6) is 0 Å². The number of furan rings is 1. The van der Waals surface area contributed by atoms with Gasteiger partial charge < -0.3 is 4.42 Å². The maximum absolute atomic E-state index is 6.07. The third kappa shape index (κ3) is 5.20. The van der Waals surface area contributed by atoms with Crippen LogP contribution in [0.15, 0.2) is 175 Å². The molecule has 0 saturated heterocycles. The van der Waals surface area contributed by atoms with Crippen LogP contribution in [0.2, 0.25) is 0 Å². The van der Waals surface area contributed by atoms with Gasteiger partial charge in [0.25, 0.3) is 0 Å². The summed E-state index contributed by atoms with van der Waals surface area (Å²) in [7, 11) is 0. The first-order valence-corrected chi connectivity index (χ1v) is 16.9. The zero-order chi connectivity index (χ0) is 33.7. The standard InChI is InChI=1S/C46H28N4O/c1-2-10-43-37(8-1)38-27-34(20-24-44(38)51-43)33-6-5-7-35(26-33)40-22-18-32-16-15-31-17-21-39(49-45(31)46(32)50-40)30-13-11-29(12-14-30)36-19-23-42(48-28-36)41-9-3-4-25-47-41/h1-28H. The van der Waals surface area contributed by atoms with Crippen molar-refractivity contribution < 1.29 is 4.42 Å². The summed E-state index contributed by atoms with van der Waals surface area (Å²) in [6.07, 6.45) is 3.69. The van der Waals surface area contributed by atoms with Crippen molar-refractivity contribution in [2.75, 3.05) is 0 Å². The topological polar surface area (TPSA) is 64.7 Å². The number of benzene rings is 5. The van der Waals surface area contributed by atoms with Crippen LogP contribution in [0, 0.1) is 0 Å². The van der Waals surface area contributed by atoms with E-state index in [4.69, 9.17) is 14.4 Å². The molecule has 5 aromatic carbocycles. The average Bonchev–Trinajstić information content (AvgIpc) is 3.59. The number of hydrogen-bond acceptors (Lipinski definition) is 5. The van der Waals surface area contributed by atoms with E-state index in [0.29, 0.717) is 0 Å². The molecular formula is C46H28N4O. The minimum Gasteiger partial charge on any atom is -0.456 e. The highest BCUT2D eigenvalue weighted by atomic mass is 16.3. The molecule has 5 heteroatoms. The minimum atomic E-state index is 0.856. The zero-order valence-corrected chi connectivity index (χ0v) is 27.4. The molecule has 0 radical (unpaired) electrons. The molecule has 5 heterocycles. The van der Waals surface area contributed by atoms with Crippen LogP contribution in [0.1, 0.15) is 0 Å². The molecular weight excluding hydrogens is 625 g/mol. The van der Waals surface area contributed by atoms with Crippen molar-refractivity contribution in [3.8, 4) is 56.2 Å². The summed E-state index contributed by atoms with van der Waals surface area (Å²) >= 11 is 0.